The van der Waals surface area contributed by atoms with Crippen LogP contribution in [-0.4, -0.2) is 23.4 Å². The number of non-ortho nitro benzene ring substituents is 1. The number of esters is 1. The van der Waals surface area contributed by atoms with Crippen molar-refractivity contribution in [1.82, 2.24) is 0 Å². The maximum absolute atomic E-state index is 12.2. The fourth-order valence-electron chi connectivity index (χ4n) is 2.03. The normalized spacial score (nSPS) is 10.5. The van der Waals surface area contributed by atoms with E-state index in [1.54, 1.807) is 37.3 Å². The second-order valence-electron chi connectivity index (χ2n) is 5.08. The lowest BCUT2D eigenvalue weighted by atomic mass is 10.1. The SMILES string of the molecule is CCOC(=O)/C=C/c1ccc(NC(=O)c2ccc([N+](=O)[O-])cc2Cl)cc1. The number of carbonyl (C=O) groups is 2. The summed E-state index contributed by atoms with van der Waals surface area (Å²) < 4.78 is 4.79. The molecule has 2 aromatic carbocycles. The fraction of sp³-hybridized carbons (Fsp3) is 0.111. The van der Waals surface area contributed by atoms with Crippen LogP contribution in [0.3, 0.4) is 0 Å². The average Bonchev–Trinajstić information content (AvgIpc) is 2.61. The van der Waals surface area contributed by atoms with E-state index in [9.17, 15) is 19.7 Å². The summed E-state index contributed by atoms with van der Waals surface area (Å²) in [5.41, 5.74) is 1.20. The molecular weight excluding hydrogens is 360 g/mol. The number of halogens is 1. The van der Waals surface area contributed by atoms with Gasteiger partial charge in [-0.2, -0.15) is 0 Å². The number of nitro groups is 1. The number of hydrogen-bond acceptors (Lipinski definition) is 5. The highest BCUT2D eigenvalue weighted by molar-refractivity contribution is 6.34. The molecule has 0 aliphatic heterocycles. The molecule has 0 unspecified atom stereocenters. The molecule has 0 fully saturated rings. The van der Waals surface area contributed by atoms with Gasteiger partial charge in [-0.15, -0.1) is 0 Å². The minimum absolute atomic E-state index is 0.00862. The Kier molecular flexibility index (Phi) is 6.46. The zero-order valence-corrected chi connectivity index (χ0v) is 14.5. The molecule has 26 heavy (non-hydrogen) atoms. The van der Waals surface area contributed by atoms with Crippen molar-refractivity contribution in [3.8, 4) is 0 Å². The van der Waals surface area contributed by atoms with E-state index in [0.29, 0.717) is 12.3 Å². The van der Waals surface area contributed by atoms with E-state index in [1.807, 2.05) is 0 Å². The van der Waals surface area contributed by atoms with E-state index in [4.69, 9.17) is 16.3 Å². The van der Waals surface area contributed by atoms with Gasteiger partial charge in [0.05, 0.1) is 22.1 Å². The molecule has 1 N–H and O–H groups in total. The smallest absolute Gasteiger partial charge is 0.330 e. The highest BCUT2D eigenvalue weighted by atomic mass is 35.5. The number of nitrogens with zero attached hydrogens (tertiary/aromatic N) is 1. The highest BCUT2D eigenvalue weighted by Crippen LogP contribution is 2.23. The topological polar surface area (TPSA) is 98.5 Å². The summed E-state index contributed by atoms with van der Waals surface area (Å²) in [6.45, 7) is 2.03. The van der Waals surface area contributed by atoms with Gasteiger partial charge in [0.15, 0.2) is 0 Å². The van der Waals surface area contributed by atoms with Gasteiger partial charge in [-0.25, -0.2) is 4.79 Å². The molecular formula is C18H15ClN2O5. The van der Waals surface area contributed by atoms with E-state index >= 15 is 0 Å². The molecule has 0 heterocycles. The minimum Gasteiger partial charge on any atom is -0.463 e. The first-order valence-electron chi connectivity index (χ1n) is 7.61. The second-order valence-corrected chi connectivity index (χ2v) is 5.49. The second kappa shape index (κ2) is 8.77. The van der Waals surface area contributed by atoms with Crippen molar-refractivity contribution in [3.05, 3.63) is 74.8 Å². The van der Waals surface area contributed by atoms with Crippen molar-refractivity contribution < 1.29 is 19.2 Å². The van der Waals surface area contributed by atoms with Gasteiger partial charge >= 0.3 is 5.97 Å². The third kappa shape index (κ3) is 5.15. The molecule has 0 aliphatic rings. The number of carbonyl (C=O) groups excluding carboxylic acids is 2. The molecule has 0 bridgehead atoms. The van der Waals surface area contributed by atoms with Gasteiger partial charge in [0.25, 0.3) is 11.6 Å². The van der Waals surface area contributed by atoms with E-state index < -0.39 is 16.8 Å². The number of benzene rings is 2. The average molecular weight is 375 g/mol. The van der Waals surface area contributed by atoms with Crippen LogP contribution in [-0.2, 0) is 9.53 Å². The molecule has 0 aromatic heterocycles. The Balaban J connectivity index is 2.06. The number of nitrogens with one attached hydrogen (secondary N) is 1. The molecule has 1 amide bonds. The Morgan fingerprint density at radius 1 is 1.23 bits per heavy atom. The summed E-state index contributed by atoms with van der Waals surface area (Å²) in [5.74, 6) is -0.919. The summed E-state index contributed by atoms with van der Waals surface area (Å²) in [4.78, 5) is 33.6. The Morgan fingerprint density at radius 3 is 2.50 bits per heavy atom. The van der Waals surface area contributed by atoms with Gasteiger partial charge in [-0.1, -0.05) is 23.7 Å². The van der Waals surface area contributed by atoms with E-state index in [1.165, 1.54) is 18.2 Å². The van der Waals surface area contributed by atoms with E-state index in [2.05, 4.69) is 5.32 Å². The van der Waals surface area contributed by atoms with Crippen LogP contribution in [0.5, 0.6) is 0 Å². The van der Waals surface area contributed by atoms with Gasteiger partial charge in [0.1, 0.15) is 0 Å². The Morgan fingerprint density at radius 2 is 1.92 bits per heavy atom. The largest absolute Gasteiger partial charge is 0.463 e. The van der Waals surface area contributed by atoms with Crippen LogP contribution in [0.4, 0.5) is 11.4 Å². The molecule has 2 rings (SSSR count). The lowest BCUT2D eigenvalue weighted by molar-refractivity contribution is -0.384. The van der Waals surface area contributed by atoms with Gasteiger partial charge in [0.2, 0.25) is 0 Å². The predicted molar refractivity (Wildman–Crippen MR) is 98.2 cm³/mol. The van der Waals surface area contributed by atoms with Crippen LogP contribution >= 0.6 is 11.6 Å². The molecule has 134 valence electrons. The summed E-state index contributed by atoms with van der Waals surface area (Å²) in [7, 11) is 0. The van der Waals surface area contributed by atoms with Crippen LogP contribution in [0.25, 0.3) is 6.08 Å². The van der Waals surface area contributed by atoms with Crippen molar-refractivity contribution in [2.45, 2.75) is 6.92 Å². The number of amides is 1. The summed E-state index contributed by atoms with van der Waals surface area (Å²) in [6, 6.07) is 10.4. The Hall–Kier alpha value is -3.19. The third-order valence-corrected chi connectivity index (χ3v) is 3.59. The summed E-state index contributed by atoms with van der Waals surface area (Å²) >= 11 is 5.94. The Bertz CT molecular complexity index is 862. The monoisotopic (exact) mass is 374 g/mol. The number of hydrogen-bond donors (Lipinski definition) is 1. The number of rotatable bonds is 6. The van der Waals surface area contributed by atoms with Gasteiger partial charge in [-0.05, 0) is 36.8 Å². The first-order chi connectivity index (χ1) is 12.4. The van der Waals surface area contributed by atoms with Crippen molar-refractivity contribution >= 4 is 40.9 Å². The van der Waals surface area contributed by atoms with E-state index in [-0.39, 0.29) is 16.3 Å². The molecule has 0 atom stereocenters. The first-order valence-corrected chi connectivity index (χ1v) is 7.98. The molecule has 7 nitrogen and oxygen atoms in total. The van der Waals surface area contributed by atoms with Crippen molar-refractivity contribution in [2.75, 3.05) is 11.9 Å². The molecule has 0 saturated heterocycles. The van der Waals surface area contributed by atoms with Crippen LogP contribution < -0.4 is 5.32 Å². The van der Waals surface area contributed by atoms with Crippen LogP contribution in [0.15, 0.2) is 48.5 Å². The predicted octanol–water partition coefficient (Wildman–Crippen LogP) is 4.08. The highest BCUT2D eigenvalue weighted by Gasteiger charge is 2.15. The lowest BCUT2D eigenvalue weighted by Gasteiger charge is -2.07. The molecule has 0 spiro atoms. The summed E-state index contributed by atoms with van der Waals surface area (Å²) in [6.07, 6.45) is 2.91. The van der Waals surface area contributed by atoms with Gasteiger partial charge < -0.3 is 10.1 Å². The van der Waals surface area contributed by atoms with Gasteiger partial charge in [0, 0.05) is 23.9 Å². The molecule has 0 radical (unpaired) electrons. The summed E-state index contributed by atoms with van der Waals surface area (Å²) in [5, 5.41) is 13.3. The fourth-order valence-corrected chi connectivity index (χ4v) is 2.29. The lowest BCUT2D eigenvalue weighted by Crippen LogP contribution is -2.12. The number of nitro benzene ring substituents is 1. The van der Waals surface area contributed by atoms with Crippen LogP contribution in [0.1, 0.15) is 22.8 Å². The molecule has 0 saturated carbocycles. The Labute approximate surface area is 154 Å². The van der Waals surface area contributed by atoms with Crippen molar-refractivity contribution in [1.29, 1.82) is 0 Å². The standard InChI is InChI=1S/C18H15ClN2O5/c1-2-26-17(22)10-5-12-3-6-13(7-4-12)20-18(23)15-9-8-14(21(24)25)11-16(15)19/h3-11H,2H2,1H3,(H,20,23)/b10-5+. The molecule has 0 aliphatic carbocycles. The van der Waals surface area contributed by atoms with E-state index in [0.717, 1.165) is 11.6 Å². The maximum atomic E-state index is 12.2. The molecule has 2 aromatic rings. The van der Waals surface area contributed by atoms with Crippen molar-refractivity contribution in [2.24, 2.45) is 0 Å². The zero-order valence-electron chi connectivity index (χ0n) is 13.8. The third-order valence-electron chi connectivity index (χ3n) is 3.28. The number of anilines is 1. The first kappa shape index (κ1) is 19.1. The van der Waals surface area contributed by atoms with Crippen LogP contribution in [0, 0.1) is 10.1 Å². The van der Waals surface area contributed by atoms with Crippen LogP contribution in [0.2, 0.25) is 5.02 Å². The maximum Gasteiger partial charge on any atom is 0.330 e. The quantitative estimate of drug-likeness (QED) is 0.355. The van der Waals surface area contributed by atoms with Crippen molar-refractivity contribution in [3.63, 3.8) is 0 Å². The zero-order chi connectivity index (χ0) is 19.1. The van der Waals surface area contributed by atoms with Gasteiger partial charge in [-0.3, -0.25) is 14.9 Å². The minimum atomic E-state index is -0.587. The number of ether oxygens (including phenoxy) is 1. The molecule has 8 heteroatoms.